The van der Waals surface area contributed by atoms with Crippen molar-refractivity contribution in [3.05, 3.63) is 164 Å². The Hall–Kier alpha value is -4.31. The number of carboxylic acids is 1. The molecule has 0 unspecified atom stereocenters. The van der Waals surface area contributed by atoms with Crippen molar-refractivity contribution in [3.63, 3.8) is 0 Å². The summed E-state index contributed by atoms with van der Waals surface area (Å²) in [5.74, 6) is -0.977. The van der Waals surface area contributed by atoms with E-state index in [4.69, 9.17) is 34.8 Å². The zero-order valence-corrected chi connectivity index (χ0v) is 30.1. The average Bonchev–Trinajstić information content (AvgIpc) is 3.40. The minimum atomic E-state index is -3.90. The van der Waals surface area contributed by atoms with Gasteiger partial charge in [0.1, 0.15) is 0 Å². The number of rotatable bonds is 13. The Kier molecular flexibility index (Phi) is 10.9. The van der Waals surface area contributed by atoms with Gasteiger partial charge in [-0.05, 0) is 83.8 Å². The van der Waals surface area contributed by atoms with E-state index < -0.39 is 16.0 Å². The first-order valence-corrected chi connectivity index (χ1v) is 18.6. The van der Waals surface area contributed by atoms with Crippen LogP contribution in [0.15, 0.2) is 126 Å². The van der Waals surface area contributed by atoms with Gasteiger partial charge >= 0.3 is 5.97 Å². The number of benzene rings is 5. The summed E-state index contributed by atoms with van der Waals surface area (Å²) in [6, 6.07) is 37.1. The molecular formula is C39H34Cl3N3O4S. The molecule has 0 amide bonds. The number of carboxylic acid groups (broad SMARTS) is 1. The van der Waals surface area contributed by atoms with Crippen LogP contribution in [0.5, 0.6) is 0 Å². The quantitative estimate of drug-likeness (QED) is 0.123. The van der Waals surface area contributed by atoms with Crippen LogP contribution < -0.4 is 9.62 Å². The molecule has 7 nitrogen and oxygen atoms in total. The molecule has 0 spiro atoms. The predicted molar refractivity (Wildman–Crippen MR) is 203 cm³/mol. The minimum absolute atomic E-state index is 0.0291. The van der Waals surface area contributed by atoms with Crippen LogP contribution >= 0.6 is 34.8 Å². The lowest BCUT2D eigenvalue weighted by molar-refractivity contribution is 0.0697. The Morgan fingerprint density at radius 2 is 1.44 bits per heavy atom. The Morgan fingerprint density at radius 1 is 0.800 bits per heavy atom. The van der Waals surface area contributed by atoms with E-state index in [1.807, 2.05) is 61.6 Å². The molecule has 0 atom stereocenters. The molecule has 6 rings (SSSR count). The number of halogens is 3. The summed E-state index contributed by atoms with van der Waals surface area (Å²) in [7, 11) is -1.94. The van der Waals surface area contributed by atoms with Crippen molar-refractivity contribution in [2.45, 2.75) is 23.8 Å². The van der Waals surface area contributed by atoms with Gasteiger partial charge in [0.2, 0.25) is 10.0 Å². The highest BCUT2D eigenvalue weighted by Gasteiger charge is 2.26. The van der Waals surface area contributed by atoms with Gasteiger partial charge in [-0.15, -0.1) is 0 Å². The van der Waals surface area contributed by atoms with Crippen LogP contribution in [0.4, 0.5) is 5.69 Å². The Balaban J connectivity index is 1.45. The van der Waals surface area contributed by atoms with E-state index in [1.54, 1.807) is 24.3 Å². The van der Waals surface area contributed by atoms with Crippen LogP contribution in [0.25, 0.3) is 10.9 Å². The molecule has 50 heavy (non-hydrogen) atoms. The summed E-state index contributed by atoms with van der Waals surface area (Å²) in [6.45, 7) is 0.712. The van der Waals surface area contributed by atoms with Gasteiger partial charge in [0.05, 0.1) is 26.5 Å². The van der Waals surface area contributed by atoms with E-state index >= 15 is 0 Å². The molecule has 0 fully saturated rings. The number of fused-ring (bicyclic) bond motifs is 1. The number of hydrogen-bond donors (Lipinski definition) is 2. The largest absolute Gasteiger partial charge is 0.478 e. The fourth-order valence-corrected chi connectivity index (χ4v) is 7.90. The normalized spacial score (nSPS) is 11.7. The number of likely N-dealkylation sites (N-methyl/N-ethyl adjacent to an activating group) is 1. The lowest BCUT2D eigenvalue weighted by Gasteiger charge is -2.25. The fraction of sp³-hybridized carbons (Fsp3) is 0.154. The van der Waals surface area contributed by atoms with E-state index in [9.17, 15) is 18.3 Å². The Labute approximate surface area is 306 Å². The lowest BCUT2D eigenvalue weighted by atomic mass is 9.97. The van der Waals surface area contributed by atoms with Crippen LogP contribution in [-0.4, -0.2) is 44.2 Å². The Bertz CT molecular complexity index is 2210. The molecule has 5 aromatic carbocycles. The third-order valence-electron chi connectivity index (χ3n) is 8.78. The SMILES string of the molecule is CN(CCc1c(CCNS(=O)(=O)c2ccc(Cl)c(Cl)c2)n(C(c2ccccc2)c2ccccc2)c2ccc(Cl)cc12)c1ccc(C(=O)O)cc1. The molecule has 2 N–H and O–H groups in total. The van der Waals surface area contributed by atoms with E-state index in [1.165, 1.54) is 18.2 Å². The second-order valence-electron chi connectivity index (χ2n) is 11.9. The molecule has 1 aromatic heterocycles. The third kappa shape index (κ3) is 7.70. The molecule has 11 heteroatoms. The molecule has 0 aliphatic rings. The van der Waals surface area contributed by atoms with Crippen LogP contribution in [0.2, 0.25) is 15.1 Å². The summed E-state index contributed by atoms with van der Waals surface area (Å²) in [5, 5.41) is 11.4. The highest BCUT2D eigenvalue weighted by atomic mass is 35.5. The predicted octanol–water partition coefficient (Wildman–Crippen LogP) is 9.14. The van der Waals surface area contributed by atoms with Gasteiger partial charge in [-0.1, -0.05) is 95.5 Å². The van der Waals surface area contributed by atoms with Gasteiger partial charge in [-0.2, -0.15) is 0 Å². The standard InChI is InChI=1S/C39H34Cl3N3O4S/c1-44(30-15-12-28(13-16-30)39(46)47)23-21-32-33-24-29(40)14-19-36(33)45(38(26-8-4-2-5-9-26)27-10-6-3-7-11-27)37(32)20-22-43-50(48,49)31-17-18-34(41)35(42)25-31/h2-19,24-25,38,43H,20-23H2,1H3,(H,46,47). The van der Waals surface area contributed by atoms with Gasteiger partial charge in [0.25, 0.3) is 0 Å². The maximum atomic E-state index is 13.4. The number of aromatic nitrogens is 1. The molecule has 0 saturated carbocycles. The Morgan fingerprint density at radius 3 is 2.04 bits per heavy atom. The van der Waals surface area contributed by atoms with Gasteiger partial charge in [-0.25, -0.2) is 17.9 Å². The maximum Gasteiger partial charge on any atom is 0.335 e. The summed E-state index contributed by atoms with van der Waals surface area (Å²) in [6.07, 6.45) is 0.974. The molecule has 1 heterocycles. The third-order valence-corrected chi connectivity index (χ3v) is 11.2. The fourth-order valence-electron chi connectivity index (χ4n) is 6.31. The molecule has 0 bridgehead atoms. The maximum absolute atomic E-state index is 13.4. The van der Waals surface area contributed by atoms with E-state index in [0.29, 0.717) is 24.4 Å². The van der Waals surface area contributed by atoms with Crippen LogP contribution in [0.3, 0.4) is 0 Å². The number of carbonyl (C=O) groups is 1. The van der Waals surface area contributed by atoms with Crippen LogP contribution in [0.1, 0.15) is 38.8 Å². The zero-order chi connectivity index (χ0) is 35.4. The van der Waals surface area contributed by atoms with E-state index in [-0.39, 0.29) is 33.1 Å². The number of anilines is 1. The van der Waals surface area contributed by atoms with Crippen molar-refractivity contribution in [1.29, 1.82) is 0 Å². The first-order chi connectivity index (χ1) is 24.0. The smallest absolute Gasteiger partial charge is 0.335 e. The molecule has 0 aliphatic heterocycles. The monoisotopic (exact) mass is 745 g/mol. The minimum Gasteiger partial charge on any atom is -0.478 e. The second-order valence-corrected chi connectivity index (χ2v) is 14.9. The van der Waals surface area contributed by atoms with Crippen molar-refractivity contribution < 1.29 is 18.3 Å². The molecular weight excluding hydrogens is 713 g/mol. The lowest BCUT2D eigenvalue weighted by Crippen LogP contribution is -2.28. The van der Waals surface area contributed by atoms with Crippen LogP contribution in [0, 0.1) is 0 Å². The topological polar surface area (TPSA) is 91.6 Å². The first kappa shape index (κ1) is 35.5. The summed E-state index contributed by atoms with van der Waals surface area (Å²) in [4.78, 5) is 13.5. The molecule has 256 valence electrons. The van der Waals surface area contributed by atoms with Gasteiger partial charge in [0, 0.05) is 53.9 Å². The van der Waals surface area contributed by atoms with Crippen molar-refractivity contribution in [2.75, 3.05) is 25.0 Å². The highest BCUT2D eigenvalue weighted by Crippen LogP contribution is 2.38. The van der Waals surface area contributed by atoms with Crippen LogP contribution in [-0.2, 0) is 22.9 Å². The average molecular weight is 747 g/mol. The van der Waals surface area contributed by atoms with Crippen molar-refractivity contribution in [3.8, 4) is 0 Å². The summed E-state index contributed by atoms with van der Waals surface area (Å²) < 4.78 is 31.9. The number of sulfonamides is 1. The molecule has 6 aromatic rings. The van der Waals surface area contributed by atoms with Gasteiger partial charge in [0.15, 0.2) is 0 Å². The molecule has 0 saturated heterocycles. The first-order valence-electron chi connectivity index (χ1n) is 15.9. The number of aromatic carboxylic acids is 1. The number of nitrogens with one attached hydrogen (secondary N) is 1. The van der Waals surface area contributed by atoms with E-state index in [2.05, 4.69) is 38.5 Å². The number of hydrogen-bond acceptors (Lipinski definition) is 4. The van der Waals surface area contributed by atoms with Crippen molar-refractivity contribution >= 4 is 67.4 Å². The highest BCUT2D eigenvalue weighted by molar-refractivity contribution is 7.89. The summed E-state index contributed by atoms with van der Waals surface area (Å²) in [5.41, 5.74) is 6.22. The van der Waals surface area contributed by atoms with Crippen molar-refractivity contribution in [1.82, 2.24) is 9.29 Å². The second kappa shape index (κ2) is 15.3. The zero-order valence-electron chi connectivity index (χ0n) is 27.1. The summed E-state index contributed by atoms with van der Waals surface area (Å²) >= 11 is 18.9. The van der Waals surface area contributed by atoms with Gasteiger partial charge < -0.3 is 14.6 Å². The molecule has 0 aliphatic carbocycles. The van der Waals surface area contributed by atoms with E-state index in [0.717, 1.165) is 39.0 Å². The number of nitrogens with zero attached hydrogens (tertiary/aromatic N) is 2. The molecule has 0 radical (unpaired) electrons. The van der Waals surface area contributed by atoms with Crippen molar-refractivity contribution in [2.24, 2.45) is 0 Å². The van der Waals surface area contributed by atoms with Gasteiger partial charge in [-0.3, -0.25) is 0 Å².